The van der Waals surface area contributed by atoms with Crippen LogP contribution in [0.5, 0.6) is 5.88 Å². The quantitative estimate of drug-likeness (QED) is 0.840. The van der Waals surface area contributed by atoms with Gasteiger partial charge in [0, 0.05) is 18.3 Å². The monoisotopic (exact) mass is 360 g/mol. The minimum Gasteiger partial charge on any atom is -0.472 e. The molecule has 122 valence electrons. The van der Waals surface area contributed by atoms with Crippen LogP contribution in [0.3, 0.4) is 0 Å². The Kier molecular flexibility index (Phi) is 4.22. The molecule has 1 saturated heterocycles. The number of halogens is 3. The molecule has 0 saturated carbocycles. The zero-order valence-corrected chi connectivity index (χ0v) is 13.2. The molecule has 1 aliphatic heterocycles. The van der Waals surface area contributed by atoms with Crippen molar-refractivity contribution in [3.05, 3.63) is 53.2 Å². The first kappa shape index (κ1) is 16.1. The molecule has 1 aromatic heterocycles. The average Bonchev–Trinajstić information content (AvgIpc) is 2.43. The Balaban J connectivity index is 1.67. The minimum atomic E-state index is -3.95. The van der Waals surface area contributed by atoms with Crippen LogP contribution in [-0.4, -0.2) is 36.9 Å². The summed E-state index contributed by atoms with van der Waals surface area (Å²) in [7, 11) is -3.95. The number of benzene rings is 1. The van der Waals surface area contributed by atoms with Gasteiger partial charge >= 0.3 is 0 Å². The first-order chi connectivity index (χ1) is 10.8. The summed E-state index contributed by atoms with van der Waals surface area (Å²) in [4.78, 5) is 3.53. The molecule has 1 fully saturated rings. The standard InChI is InChI=1S/C14H11ClF2N2O3S/c15-9-1-2-14(18-6-9)22-12-7-19(8-12)23(20,21)13-4-10(16)3-11(17)5-13/h1-6,12H,7-8H2. The van der Waals surface area contributed by atoms with E-state index in [2.05, 4.69) is 4.98 Å². The Labute approximate surface area is 136 Å². The molecule has 2 aromatic rings. The smallest absolute Gasteiger partial charge is 0.243 e. The van der Waals surface area contributed by atoms with Gasteiger partial charge in [0.05, 0.1) is 23.0 Å². The van der Waals surface area contributed by atoms with Gasteiger partial charge in [0.25, 0.3) is 0 Å². The normalized spacial score (nSPS) is 16.1. The van der Waals surface area contributed by atoms with Crippen molar-refractivity contribution in [3.8, 4) is 5.88 Å². The number of nitrogens with zero attached hydrogens (tertiary/aromatic N) is 2. The summed E-state index contributed by atoms with van der Waals surface area (Å²) in [5.41, 5.74) is 0. The van der Waals surface area contributed by atoms with Gasteiger partial charge in [-0.2, -0.15) is 4.31 Å². The second kappa shape index (κ2) is 6.03. The van der Waals surface area contributed by atoms with E-state index >= 15 is 0 Å². The van der Waals surface area contributed by atoms with Crippen LogP contribution in [-0.2, 0) is 10.0 Å². The number of sulfonamides is 1. The van der Waals surface area contributed by atoms with Gasteiger partial charge in [-0.3, -0.25) is 0 Å². The fourth-order valence-electron chi connectivity index (χ4n) is 2.10. The van der Waals surface area contributed by atoms with Gasteiger partial charge in [-0.25, -0.2) is 22.2 Å². The molecule has 0 bridgehead atoms. The fourth-order valence-corrected chi connectivity index (χ4v) is 3.76. The molecule has 9 heteroatoms. The second-order valence-corrected chi connectivity index (χ2v) is 7.36. The van der Waals surface area contributed by atoms with Gasteiger partial charge in [0.15, 0.2) is 0 Å². The summed E-state index contributed by atoms with van der Waals surface area (Å²) in [5.74, 6) is -1.56. The van der Waals surface area contributed by atoms with Gasteiger partial charge in [-0.15, -0.1) is 0 Å². The predicted molar refractivity (Wildman–Crippen MR) is 78.8 cm³/mol. The van der Waals surface area contributed by atoms with Crippen molar-refractivity contribution in [2.24, 2.45) is 0 Å². The highest BCUT2D eigenvalue weighted by atomic mass is 35.5. The Morgan fingerprint density at radius 1 is 1.17 bits per heavy atom. The molecule has 1 aromatic carbocycles. The predicted octanol–water partition coefficient (Wildman–Crippen LogP) is 2.47. The lowest BCUT2D eigenvalue weighted by Crippen LogP contribution is -2.56. The molecule has 0 amide bonds. The van der Waals surface area contributed by atoms with Crippen LogP contribution in [0.15, 0.2) is 41.4 Å². The molecule has 0 atom stereocenters. The first-order valence-corrected chi connectivity index (χ1v) is 8.41. The molecule has 0 N–H and O–H groups in total. The molecule has 5 nitrogen and oxygen atoms in total. The van der Waals surface area contributed by atoms with Crippen molar-refractivity contribution < 1.29 is 21.9 Å². The van der Waals surface area contributed by atoms with E-state index in [1.807, 2.05) is 0 Å². The van der Waals surface area contributed by atoms with E-state index in [4.69, 9.17) is 16.3 Å². The van der Waals surface area contributed by atoms with E-state index in [1.165, 1.54) is 6.20 Å². The number of aromatic nitrogens is 1. The van der Waals surface area contributed by atoms with Crippen LogP contribution in [0.2, 0.25) is 5.02 Å². The molecule has 0 spiro atoms. The van der Waals surface area contributed by atoms with Crippen LogP contribution >= 0.6 is 11.6 Å². The molecular formula is C14H11ClF2N2O3S. The zero-order valence-electron chi connectivity index (χ0n) is 11.6. The topological polar surface area (TPSA) is 59.5 Å². The van der Waals surface area contributed by atoms with E-state index in [0.29, 0.717) is 17.0 Å². The van der Waals surface area contributed by atoms with Gasteiger partial charge < -0.3 is 4.74 Å². The molecule has 0 radical (unpaired) electrons. The Morgan fingerprint density at radius 3 is 2.39 bits per heavy atom. The van der Waals surface area contributed by atoms with Crippen LogP contribution in [0.1, 0.15) is 0 Å². The zero-order chi connectivity index (χ0) is 16.6. The number of pyridine rings is 1. The third kappa shape index (κ3) is 3.44. The van der Waals surface area contributed by atoms with Crippen LogP contribution < -0.4 is 4.74 Å². The maximum Gasteiger partial charge on any atom is 0.243 e. The van der Waals surface area contributed by atoms with Gasteiger partial charge in [0.2, 0.25) is 15.9 Å². The highest BCUT2D eigenvalue weighted by Crippen LogP contribution is 2.25. The molecule has 3 rings (SSSR count). The van der Waals surface area contributed by atoms with E-state index in [0.717, 1.165) is 16.4 Å². The van der Waals surface area contributed by atoms with E-state index in [-0.39, 0.29) is 19.2 Å². The fraction of sp³-hybridized carbons (Fsp3) is 0.214. The lowest BCUT2D eigenvalue weighted by molar-refractivity contribution is 0.0721. The van der Waals surface area contributed by atoms with E-state index in [9.17, 15) is 17.2 Å². The summed E-state index contributed by atoms with van der Waals surface area (Å²) < 4.78 is 57.5. The van der Waals surface area contributed by atoms with Crippen molar-refractivity contribution in [2.45, 2.75) is 11.0 Å². The SMILES string of the molecule is O=S(=O)(c1cc(F)cc(F)c1)N1CC(Oc2ccc(Cl)cn2)C1. The van der Waals surface area contributed by atoms with Gasteiger partial charge in [-0.1, -0.05) is 11.6 Å². The largest absolute Gasteiger partial charge is 0.472 e. The third-order valence-electron chi connectivity index (χ3n) is 3.28. The summed E-state index contributed by atoms with van der Waals surface area (Å²) in [5, 5.41) is 0.461. The van der Waals surface area contributed by atoms with Crippen molar-refractivity contribution in [3.63, 3.8) is 0 Å². The highest BCUT2D eigenvalue weighted by Gasteiger charge is 2.38. The van der Waals surface area contributed by atoms with Gasteiger partial charge in [0.1, 0.15) is 17.7 Å². The Bertz CT molecular complexity index is 804. The van der Waals surface area contributed by atoms with Crippen molar-refractivity contribution in [2.75, 3.05) is 13.1 Å². The first-order valence-electron chi connectivity index (χ1n) is 6.59. The van der Waals surface area contributed by atoms with Crippen molar-refractivity contribution in [1.82, 2.24) is 9.29 Å². The summed E-state index contributed by atoms with van der Waals surface area (Å²) in [6.07, 6.45) is 1.04. The lowest BCUT2D eigenvalue weighted by Gasteiger charge is -2.37. The molecule has 0 aliphatic carbocycles. The molecule has 2 heterocycles. The summed E-state index contributed by atoms with van der Waals surface area (Å²) in [6.45, 7) is 0.148. The second-order valence-electron chi connectivity index (χ2n) is 4.98. The van der Waals surface area contributed by atoms with Crippen molar-refractivity contribution in [1.29, 1.82) is 0 Å². The van der Waals surface area contributed by atoms with Crippen LogP contribution in [0, 0.1) is 11.6 Å². The van der Waals surface area contributed by atoms with Crippen molar-refractivity contribution >= 4 is 21.6 Å². The third-order valence-corrected chi connectivity index (χ3v) is 5.31. The molecule has 23 heavy (non-hydrogen) atoms. The molecule has 1 aliphatic rings. The summed E-state index contributed by atoms with van der Waals surface area (Å²) >= 11 is 5.71. The Hall–Kier alpha value is -1.77. The van der Waals surface area contributed by atoms with E-state index in [1.54, 1.807) is 12.1 Å². The lowest BCUT2D eigenvalue weighted by atomic mass is 10.2. The van der Waals surface area contributed by atoms with Crippen LogP contribution in [0.25, 0.3) is 0 Å². The summed E-state index contributed by atoms with van der Waals surface area (Å²) in [6, 6.07) is 5.36. The number of hydrogen-bond acceptors (Lipinski definition) is 4. The molecule has 0 unspecified atom stereocenters. The van der Waals surface area contributed by atoms with E-state index < -0.39 is 26.6 Å². The minimum absolute atomic E-state index is 0.0742. The number of ether oxygens (including phenoxy) is 1. The maximum absolute atomic E-state index is 13.2. The van der Waals surface area contributed by atoms with Gasteiger partial charge in [-0.05, 0) is 18.2 Å². The maximum atomic E-state index is 13.2. The molecular weight excluding hydrogens is 350 g/mol. The number of hydrogen-bond donors (Lipinski definition) is 0. The average molecular weight is 361 g/mol. The Morgan fingerprint density at radius 2 is 1.83 bits per heavy atom. The highest BCUT2D eigenvalue weighted by molar-refractivity contribution is 7.89. The number of rotatable bonds is 4. The van der Waals surface area contributed by atoms with Crippen LogP contribution in [0.4, 0.5) is 8.78 Å².